The number of aromatic amines is 1. The SMILES string of the molecule is C[C@H]1CN(c2n[nH]c(-c3ccc(Cl)c(Cl)c3)n2)CCN1. The van der Waals surface area contributed by atoms with Crippen LogP contribution in [-0.2, 0) is 0 Å². The molecule has 2 heterocycles. The van der Waals surface area contributed by atoms with Crippen molar-refractivity contribution in [1.82, 2.24) is 20.5 Å². The van der Waals surface area contributed by atoms with Gasteiger partial charge in [-0.05, 0) is 25.1 Å². The molecule has 1 aromatic carbocycles. The van der Waals surface area contributed by atoms with Crippen LogP contribution in [0, 0.1) is 0 Å². The number of rotatable bonds is 2. The third kappa shape index (κ3) is 2.75. The summed E-state index contributed by atoms with van der Waals surface area (Å²) in [7, 11) is 0. The quantitative estimate of drug-likeness (QED) is 0.895. The molecule has 0 amide bonds. The summed E-state index contributed by atoms with van der Waals surface area (Å²) in [5, 5.41) is 11.7. The Morgan fingerprint density at radius 2 is 2.15 bits per heavy atom. The lowest BCUT2D eigenvalue weighted by molar-refractivity contribution is 0.480. The molecule has 1 aliphatic heterocycles. The van der Waals surface area contributed by atoms with Gasteiger partial charge in [0.2, 0.25) is 5.95 Å². The van der Waals surface area contributed by atoms with Crippen molar-refractivity contribution in [1.29, 1.82) is 0 Å². The molecule has 0 unspecified atom stereocenters. The predicted octanol–water partition coefficient (Wildman–Crippen LogP) is 2.58. The van der Waals surface area contributed by atoms with Crippen molar-refractivity contribution in [2.45, 2.75) is 13.0 Å². The van der Waals surface area contributed by atoms with E-state index in [1.54, 1.807) is 12.1 Å². The number of nitrogens with one attached hydrogen (secondary N) is 2. The van der Waals surface area contributed by atoms with Crippen LogP contribution in [0.3, 0.4) is 0 Å². The maximum Gasteiger partial charge on any atom is 0.245 e. The van der Waals surface area contributed by atoms with E-state index in [0.29, 0.717) is 21.9 Å². The Bertz CT molecular complexity index is 613. The molecule has 5 nitrogen and oxygen atoms in total. The minimum Gasteiger partial charge on any atom is -0.337 e. The fourth-order valence-electron chi connectivity index (χ4n) is 2.28. The van der Waals surface area contributed by atoms with E-state index >= 15 is 0 Å². The van der Waals surface area contributed by atoms with Crippen molar-refractivity contribution in [3.8, 4) is 11.4 Å². The Hall–Kier alpha value is -1.30. The third-order valence-corrected chi connectivity index (χ3v) is 4.06. The predicted molar refractivity (Wildman–Crippen MR) is 81.5 cm³/mol. The zero-order valence-electron chi connectivity index (χ0n) is 11.0. The van der Waals surface area contributed by atoms with Gasteiger partial charge in [0.25, 0.3) is 0 Å². The summed E-state index contributed by atoms with van der Waals surface area (Å²) in [5.74, 6) is 1.42. The van der Waals surface area contributed by atoms with E-state index in [2.05, 4.69) is 32.3 Å². The first-order chi connectivity index (χ1) is 9.63. The number of hydrogen-bond acceptors (Lipinski definition) is 4. The molecule has 0 radical (unpaired) electrons. The van der Waals surface area contributed by atoms with Crippen LogP contribution in [0.2, 0.25) is 10.0 Å². The van der Waals surface area contributed by atoms with E-state index in [0.717, 1.165) is 31.1 Å². The zero-order valence-corrected chi connectivity index (χ0v) is 12.5. The van der Waals surface area contributed by atoms with Crippen LogP contribution in [0.1, 0.15) is 6.92 Å². The van der Waals surface area contributed by atoms with Gasteiger partial charge in [0.05, 0.1) is 10.0 Å². The van der Waals surface area contributed by atoms with Crippen molar-refractivity contribution >= 4 is 29.2 Å². The first-order valence-corrected chi connectivity index (χ1v) is 7.25. The average Bonchev–Trinajstić information content (AvgIpc) is 2.92. The Morgan fingerprint density at radius 3 is 2.90 bits per heavy atom. The number of nitrogens with zero attached hydrogens (tertiary/aromatic N) is 3. The van der Waals surface area contributed by atoms with Gasteiger partial charge >= 0.3 is 0 Å². The van der Waals surface area contributed by atoms with E-state index in [1.165, 1.54) is 0 Å². The van der Waals surface area contributed by atoms with E-state index < -0.39 is 0 Å². The molecule has 106 valence electrons. The maximum atomic E-state index is 6.03. The smallest absolute Gasteiger partial charge is 0.245 e. The molecule has 0 bridgehead atoms. The molecule has 0 aliphatic carbocycles. The number of anilines is 1. The highest BCUT2D eigenvalue weighted by Gasteiger charge is 2.19. The first kappa shape index (κ1) is 13.7. The lowest BCUT2D eigenvalue weighted by Crippen LogP contribution is -2.49. The van der Waals surface area contributed by atoms with Crippen LogP contribution in [0.25, 0.3) is 11.4 Å². The molecule has 2 aromatic rings. The number of aromatic nitrogens is 3. The van der Waals surface area contributed by atoms with Crippen LogP contribution in [-0.4, -0.2) is 40.9 Å². The average molecular weight is 312 g/mol. The highest BCUT2D eigenvalue weighted by atomic mass is 35.5. The number of hydrogen-bond donors (Lipinski definition) is 2. The molecule has 1 aromatic heterocycles. The van der Waals surface area contributed by atoms with Crippen LogP contribution in [0.4, 0.5) is 5.95 Å². The van der Waals surface area contributed by atoms with Crippen LogP contribution >= 0.6 is 23.2 Å². The maximum absolute atomic E-state index is 6.03. The monoisotopic (exact) mass is 311 g/mol. The van der Waals surface area contributed by atoms with Gasteiger partial charge in [0, 0.05) is 31.2 Å². The molecule has 1 aliphatic rings. The highest BCUT2D eigenvalue weighted by Crippen LogP contribution is 2.27. The van der Waals surface area contributed by atoms with Crippen molar-refractivity contribution in [2.24, 2.45) is 0 Å². The Morgan fingerprint density at radius 1 is 1.30 bits per heavy atom. The summed E-state index contributed by atoms with van der Waals surface area (Å²) in [6.07, 6.45) is 0. The number of halogens is 2. The van der Waals surface area contributed by atoms with Crippen LogP contribution in [0.15, 0.2) is 18.2 Å². The summed E-state index contributed by atoms with van der Waals surface area (Å²) in [4.78, 5) is 6.70. The largest absolute Gasteiger partial charge is 0.337 e. The van der Waals surface area contributed by atoms with Gasteiger partial charge in [-0.1, -0.05) is 23.2 Å². The highest BCUT2D eigenvalue weighted by molar-refractivity contribution is 6.42. The second kappa shape index (κ2) is 5.60. The minimum absolute atomic E-state index is 0.440. The lowest BCUT2D eigenvalue weighted by Gasteiger charge is -2.30. The van der Waals surface area contributed by atoms with E-state index in [4.69, 9.17) is 23.2 Å². The van der Waals surface area contributed by atoms with Crippen molar-refractivity contribution < 1.29 is 0 Å². The summed E-state index contributed by atoms with van der Waals surface area (Å²) in [6.45, 7) is 4.90. The third-order valence-electron chi connectivity index (χ3n) is 3.32. The molecule has 0 saturated carbocycles. The molecule has 1 atom stereocenters. The van der Waals surface area contributed by atoms with Crippen LogP contribution in [0.5, 0.6) is 0 Å². The van der Waals surface area contributed by atoms with Crippen molar-refractivity contribution in [2.75, 3.05) is 24.5 Å². The van der Waals surface area contributed by atoms with Gasteiger partial charge in [-0.25, -0.2) is 0 Å². The number of benzene rings is 1. The summed E-state index contributed by atoms with van der Waals surface area (Å²) < 4.78 is 0. The first-order valence-electron chi connectivity index (χ1n) is 6.49. The molecular weight excluding hydrogens is 297 g/mol. The molecule has 0 spiro atoms. The van der Waals surface area contributed by atoms with Gasteiger partial charge in [0.15, 0.2) is 5.82 Å². The zero-order chi connectivity index (χ0) is 14.1. The summed E-state index contributed by atoms with van der Waals surface area (Å²) >= 11 is 11.9. The fraction of sp³-hybridized carbons (Fsp3) is 0.385. The Labute approximate surface area is 127 Å². The number of piperazine rings is 1. The topological polar surface area (TPSA) is 56.8 Å². The van der Waals surface area contributed by atoms with Gasteiger partial charge in [-0.2, -0.15) is 4.98 Å². The normalized spacial score (nSPS) is 19.4. The lowest BCUT2D eigenvalue weighted by atomic mass is 10.2. The summed E-state index contributed by atoms with van der Waals surface area (Å²) in [6, 6.07) is 5.86. The second-order valence-electron chi connectivity index (χ2n) is 4.91. The second-order valence-corrected chi connectivity index (χ2v) is 5.73. The molecule has 1 fully saturated rings. The van der Waals surface area contributed by atoms with E-state index in [-0.39, 0.29) is 0 Å². The Balaban J connectivity index is 1.84. The van der Waals surface area contributed by atoms with Crippen molar-refractivity contribution in [3.05, 3.63) is 28.2 Å². The molecule has 3 rings (SSSR count). The molecule has 1 saturated heterocycles. The van der Waals surface area contributed by atoms with Crippen LogP contribution < -0.4 is 10.2 Å². The molecule has 2 N–H and O–H groups in total. The van der Waals surface area contributed by atoms with E-state index in [9.17, 15) is 0 Å². The molecule has 20 heavy (non-hydrogen) atoms. The molecular formula is C13H15Cl2N5. The van der Waals surface area contributed by atoms with Gasteiger partial charge in [0.1, 0.15) is 0 Å². The van der Waals surface area contributed by atoms with Gasteiger partial charge in [-0.3, -0.25) is 5.10 Å². The van der Waals surface area contributed by atoms with Gasteiger partial charge in [-0.15, -0.1) is 5.10 Å². The number of H-pyrrole nitrogens is 1. The molecule has 7 heteroatoms. The van der Waals surface area contributed by atoms with Gasteiger partial charge < -0.3 is 10.2 Å². The Kier molecular flexibility index (Phi) is 3.83. The summed E-state index contributed by atoms with van der Waals surface area (Å²) in [5.41, 5.74) is 0.876. The fourth-order valence-corrected chi connectivity index (χ4v) is 2.58. The standard InChI is InChI=1S/C13H15Cl2N5/c1-8-7-20(5-4-16-8)13-17-12(18-19-13)9-2-3-10(14)11(15)6-9/h2-3,6,8,16H,4-5,7H2,1H3,(H,17,18,19)/t8-/m0/s1. The minimum atomic E-state index is 0.440. The van der Waals surface area contributed by atoms with Crippen molar-refractivity contribution in [3.63, 3.8) is 0 Å². The van der Waals surface area contributed by atoms with E-state index in [1.807, 2.05) is 6.07 Å².